The summed E-state index contributed by atoms with van der Waals surface area (Å²) in [6.45, 7) is 11.4. The fourth-order valence-corrected chi connectivity index (χ4v) is 7.28. The lowest BCUT2D eigenvalue weighted by molar-refractivity contribution is -0.144. The molecule has 11 heteroatoms. The third-order valence-electron chi connectivity index (χ3n) is 9.31. The van der Waals surface area contributed by atoms with Gasteiger partial charge in [0.1, 0.15) is 12.1 Å². The molecule has 4 rings (SSSR count). The summed E-state index contributed by atoms with van der Waals surface area (Å²) < 4.78 is 0. The summed E-state index contributed by atoms with van der Waals surface area (Å²) in [7, 11) is 0. The van der Waals surface area contributed by atoms with Crippen LogP contribution in [-0.4, -0.2) is 81.3 Å². The number of β-amino-alcohol motifs (C(OH)–C–C–N with tert-alkyl or cyclic N) is 1. The molecule has 0 saturated carbocycles. The van der Waals surface area contributed by atoms with Crippen LogP contribution in [0.5, 0.6) is 0 Å². The van der Waals surface area contributed by atoms with Crippen LogP contribution in [0.1, 0.15) is 109 Å². The van der Waals surface area contributed by atoms with Crippen molar-refractivity contribution in [3.63, 3.8) is 0 Å². The highest BCUT2D eigenvalue weighted by Crippen LogP contribution is 2.29. The standard InChI is InChI=1S/C36H53N5O5S/c1-24(26-15-17-27(18-16-26)32-25(2)37-23-47-32)38-34(45)29-21-28(42)22-41(29)35(46)33(36(3,4)5)39-30(43)13-9-7-6-8-10-14-31(44)40-19-11-12-20-40/h15-18,23-24,28-29,33,42H,6-14,19-22H2,1-5H3,(H,38,45)(H,39,43)/t24-,28+,29-,33+/m0/s1. The molecule has 2 aromatic rings. The Hall–Kier alpha value is -3.31. The van der Waals surface area contributed by atoms with Gasteiger partial charge in [-0.05, 0) is 56.1 Å². The van der Waals surface area contributed by atoms with Crippen molar-refractivity contribution in [3.8, 4) is 10.4 Å². The molecule has 4 amide bonds. The van der Waals surface area contributed by atoms with Crippen LogP contribution in [0.2, 0.25) is 0 Å². The first kappa shape index (κ1) is 36.5. The maximum Gasteiger partial charge on any atom is 0.246 e. The molecule has 2 fully saturated rings. The highest BCUT2D eigenvalue weighted by Gasteiger charge is 2.44. The van der Waals surface area contributed by atoms with E-state index < -0.39 is 23.6 Å². The lowest BCUT2D eigenvalue weighted by Crippen LogP contribution is -2.57. The van der Waals surface area contributed by atoms with Gasteiger partial charge in [-0.1, -0.05) is 64.3 Å². The van der Waals surface area contributed by atoms with Gasteiger partial charge in [0.05, 0.1) is 28.2 Å². The first-order valence-corrected chi connectivity index (χ1v) is 18.1. The zero-order valence-electron chi connectivity index (χ0n) is 28.7. The molecule has 3 heterocycles. The summed E-state index contributed by atoms with van der Waals surface area (Å²) in [6.07, 6.45) is 6.80. The van der Waals surface area contributed by atoms with Crippen molar-refractivity contribution in [2.45, 2.75) is 123 Å². The summed E-state index contributed by atoms with van der Waals surface area (Å²) in [5, 5.41) is 16.5. The van der Waals surface area contributed by atoms with Crippen LogP contribution in [0.4, 0.5) is 0 Å². The van der Waals surface area contributed by atoms with E-state index in [0.29, 0.717) is 19.3 Å². The lowest BCUT2D eigenvalue weighted by atomic mass is 9.85. The number of nitrogens with zero attached hydrogens (tertiary/aromatic N) is 3. The van der Waals surface area contributed by atoms with Crippen molar-refractivity contribution in [1.29, 1.82) is 0 Å². The second kappa shape index (κ2) is 16.7. The number of carbonyl (C=O) groups is 4. The summed E-state index contributed by atoms with van der Waals surface area (Å²) >= 11 is 1.59. The number of hydrogen-bond donors (Lipinski definition) is 3. The number of carbonyl (C=O) groups excluding carboxylic acids is 4. The number of aryl methyl sites for hydroxylation is 1. The number of rotatable bonds is 14. The van der Waals surface area contributed by atoms with E-state index in [-0.39, 0.29) is 42.6 Å². The molecule has 4 atom stereocenters. The highest BCUT2D eigenvalue weighted by atomic mass is 32.1. The number of benzene rings is 1. The predicted octanol–water partition coefficient (Wildman–Crippen LogP) is 5.14. The third-order valence-corrected chi connectivity index (χ3v) is 10.3. The van der Waals surface area contributed by atoms with Gasteiger partial charge in [0, 0.05) is 38.9 Å². The summed E-state index contributed by atoms with van der Waals surface area (Å²) in [4.78, 5) is 61.4. The van der Waals surface area contributed by atoms with Crippen molar-refractivity contribution in [2.24, 2.45) is 5.41 Å². The molecule has 3 N–H and O–H groups in total. The Balaban J connectivity index is 1.26. The Bertz CT molecular complexity index is 1360. The second-order valence-electron chi connectivity index (χ2n) is 14.2. The van der Waals surface area contributed by atoms with Crippen LogP contribution in [0.3, 0.4) is 0 Å². The van der Waals surface area contributed by atoms with Gasteiger partial charge in [-0.15, -0.1) is 11.3 Å². The molecule has 258 valence electrons. The summed E-state index contributed by atoms with van der Waals surface area (Å²) in [6, 6.07) is 6.01. The van der Waals surface area contributed by atoms with Crippen LogP contribution in [-0.2, 0) is 19.2 Å². The first-order chi connectivity index (χ1) is 22.3. The van der Waals surface area contributed by atoms with Gasteiger partial charge in [-0.25, -0.2) is 4.98 Å². The molecule has 1 aromatic heterocycles. The second-order valence-corrected chi connectivity index (χ2v) is 15.1. The fraction of sp³-hybridized carbons (Fsp3) is 0.639. The number of aromatic nitrogens is 1. The third kappa shape index (κ3) is 10.1. The first-order valence-electron chi connectivity index (χ1n) is 17.2. The van der Waals surface area contributed by atoms with E-state index in [1.54, 1.807) is 11.3 Å². The number of aliphatic hydroxyl groups is 1. The zero-order chi connectivity index (χ0) is 34.1. The summed E-state index contributed by atoms with van der Waals surface area (Å²) in [5.74, 6) is -0.630. The molecular formula is C36H53N5O5S. The average molecular weight is 668 g/mol. The largest absolute Gasteiger partial charge is 0.391 e. The van der Waals surface area contributed by atoms with E-state index in [1.165, 1.54) is 4.90 Å². The average Bonchev–Trinajstić information content (AvgIpc) is 3.80. The van der Waals surface area contributed by atoms with E-state index in [1.807, 2.05) is 69.3 Å². The molecule has 0 spiro atoms. The van der Waals surface area contributed by atoms with Crippen molar-refractivity contribution < 1.29 is 24.3 Å². The lowest BCUT2D eigenvalue weighted by Gasteiger charge is -2.35. The number of likely N-dealkylation sites (tertiary alicyclic amines) is 2. The van der Waals surface area contributed by atoms with Crippen molar-refractivity contribution in [3.05, 3.63) is 41.0 Å². The molecule has 0 aliphatic carbocycles. The van der Waals surface area contributed by atoms with Crippen molar-refractivity contribution in [2.75, 3.05) is 19.6 Å². The molecule has 1 aromatic carbocycles. The van der Waals surface area contributed by atoms with Crippen LogP contribution in [0.15, 0.2) is 29.8 Å². The molecule has 47 heavy (non-hydrogen) atoms. The van der Waals surface area contributed by atoms with E-state index in [4.69, 9.17) is 0 Å². The minimum absolute atomic E-state index is 0.0386. The van der Waals surface area contributed by atoms with Gasteiger partial charge in [0.15, 0.2) is 0 Å². The minimum atomic E-state index is -0.840. The Kier molecular flexibility index (Phi) is 13.0. The Morgan fingerprint density at radius 3 is 2.23 bits per heavy atom. The topological polar surface area (TPSA) is 132 Å². The molecule has 2 aliphatic heterocycles. The molecule has 2 saturated heterocycles. The minimum Gasteiger partial charge on any atom is -0.391 e. The van der Waals surface area contributed by atoms with E-state index in [2.05, 4.69) is 15.6 Å². The van der Waals surface area contributed by atoms with Crippen LogP contribution in [0.25, 0.3) is 10.4 Å². The maximum atomic E-state index is 13.9. The van der Waals surface area contributed by atoms with E-state index >= 15 is 0 Å². The van der Waals surface area contributed by atoms with Crippen LogP contribution in [0, 0.1) is 12.3 Å². The van der Waals surface area contributed by atoms with E-state index in [9.17, 15) is 24.3 Å². The van der Waals surface area contributed by atoms with Crippen LogP contribution >= 0.6 is 11.3 Å². The Morgan fingerprint density at radius 1 is 0.979 bits per heavy atom. The number of nitrogens with one attached hydrogen (secondary N) is 2. The van der Waals surface area contributed by atoms with Crippen molar-refractivity contribution >= 4 is 35.0 Å². The van der Waals surface area contributed by atoms with Gasteiger partial charge in [0.25, 0.3) is 0 Å². The number of amides is 4. The molecule has 0 bridgehead atoms. The molecule has 0 radical (unpaired) electrons. The van der Waals surface area contributed by atoms with Gasteiger partial charge < -0.3 is 25.5 Å². The SMILES string of the molecule is Cc1ncsc1-c1ccc([C@H](C)NC(=O)[C@@H]2C[C@@H](O)CN2C(=O)[C@@H](NC(=O)CCCCCCCC(=O)N2CCCC2)C(C)(C)C)cc1. The van der Waals surface area contributed by atoms with Gasteiger partial charge in [-0.2, -0.15) is 0 Å². The number of unbranched alkanes of at least 4 members (excludes halogenated alkanes) is 4. The monoisotopic (exact) mass is 667 g/mol. The van der Waals surface area contributed by atoms with Gasteiger partial charge in [0.2, 0.25) is 23.6 Å². The molecule has 2 aliphatic rings. The summed E-state index contributed by atoms with van der Waals surface area (Å²) in [5.41, 5.74) is 4.20. The van der Waals surface area contributed by atoms with Gasteiger partial charge in [-0.3, -0.25) is 19.2 Å². The number of hydrogen-bond acceptors (Lipinski definition) is 7. The molecule has 10 nitrogen and oxygen atoms in total. The molecular weight excluding hydrogens is 614 g/mol. The van der Waals surface area contributed by atoms with Gasteiger partial charge >= 0.3 is 0 Å². The fourth-order valence-electron chi connectivity index (χ4n) is 6.47. The smallest absolute Gasteiger partial charge is 0.246 e. The predicted molar refractivity (Wildman–Crippen MR) is 184 cm³/mol. The quantitative estimate of drug-likeness (QED) is 0.239. The number of thiazole rings is 1. The number of aliphatic hydroxyl groups excluding tert-OH is 1. The Morgan fingerprint density at radius 2 is 1.62 bits per heavy atom. The van der Waals surface area contributed by atoms with E-state index in [0.717, 1.165) is 73.3 Å². The van der Waals surface area contributed by atoms with Crippen LogP contribution < -0.4 is 10.6 Å². The normalized spacial score (nSPS) is 19.4. The maximum absolute atomic E-state index is 13.9. The zero-order valence-corrected chi connectivity index (χ0v) is 29.5. The highest BCUT2D eigenvalue weighted by molar-refractivity contribution is 7.13. The Labute approximate surface area is 283 Å². The molecule has 0 unspecified atom stereocenters. The van der Waals surface area contributed by atoms with Crippen molar-refractivity contribution in [1.82, 2.24) is 25.4 Å².